The van der Waals surface area contributed by atoms with E-state index in [1.165, 1.54) is 11.3 Å². The molecule has 0 saturated heterocycles. The van der Waals surface area contributed by atoms with Crippen LogP contribution in [-0.4, -0.2) is 40.1 Å². The van der Waals surface area contributed by atoms with Crippen molar-refractivity contribution in [3.8, 4) is 0 Å². The zero-order valence-corrected chi connectivity index (χ0v) is 11.0. The monoisotopic (exact) mass is 257 g/mol. The van der Waals surface area contributed by atoms with Crippen molar-refractivity contribution in [1.29, 1.82) is 0 Å². The second-order valence-electron chi connectivity index (χ2n) is 4.11. The van der Waals surface area contributed by atoms with Crippen LogP contribution in [0.5, 0.6) is 0 Å². The van der Waals surface area contributed by atoms with Gasteiger partial charge in [0.2, 0.25) is 5.91 Å². The second-order valence-corrected chi connectivity index (χ2v) is 5.00. The fourth-order valence-corrected chi connectivity index (χ4v) is 2.14. The van der Waals surface area contributed by atoms with E-state index in [2.05, 4.69) is 4.98 Å². The summed E-state index contributed by atoms with van der Waals surface area (Å²) in [6.07, 6.45) is 0.875. The highest BCUT2D eigenvalue weighted by molar-refractivity contribution is 7.13. The second kappa shape index (κ2) is 6.56. The van der Waals surface area contributed by atoms with Crippen LogP contribution >= 0.6 is 11.3 Å². The number of nitrogens with zero attached hydrogens (tertiary/aromatic N) is 2. The first-order valence-corrected chi connectivity index (χ1v) is 6.52. The largest absolute Gasteiger partial charge is 0.396 e. The number of aliphatic hydroxyl groups excluding tert-OH is 1. The molecular weight excluding hydrogens is 238 g/mol. The number of aromatic nitrogens is 1. The van der Waals surface area contributed by atoms with E-state index in [1.807, 2.05) is 13.8 Å². The molecule has 96 valence electrons. The van der Waals surface area contributed by atoms with Gasteiger partial charge in [-0.15, -0.1) is 11.3 Å². The number of anilines is 1. The van der Waals surface area contributed by atoms with Gasteiger partial charge in [-0.3, -0.25) is 4.79 Å². The van der Waals surface area contributed by atoms with Crippen LogP contribution in [0.25, 0.3) is 0 Å². The molecule has 3 N–H and O–H groups in total. The molecule has 0 atom stereocenters. The van der Waals surface area contributed by atoms with Crippen LogP contribution in [-0.2, 0) is 11.2 Å². The average Bonchev–Trinajstić information content (AvgIpc) is 2.64. The standard InChI is InChI=1S/C11H19N3O2S/c1-8(2)14(4-3-5-15)10(16)6-9-7-17-11(12)13-9/h7-8,15H,3-6H2,1-2H3,(H2,12,13). The zero-order valence-electron chi connectivity index (χ0n) is 10.2. The summed E-state index contributed by atoms with van der Waals surface area (Å²) in [4.78, 5) is 17.9. The highest BCUT2D eigenvalue weighted by Gasteiger charge is 2.17. The van der Waals surface area contributed by atoms with Gasteiger partial charge in [-0.2, -0.15) is 0 Å². The lowest BCUT2D eigenvalue weighted by Gasteiger charge is -2.26. The van der Waals surface area contributed by atoms with Crippen molar-refractivity contribution >= 4 is 22.4 Å². The Morgan fingerprint density at radius 3 is 2.82 bits per heavy atom. The summed E-state index contributed by atoms with van der Waals surface area (Å²) in [5.41, 5.74) is 6.23. The highest BCUT2D eigenvalue weighted by atomic mass is 32.1. The van der Waals surface area contributed by atoms with Crippen molar-refractivity contribution in [2.45, 2.75) is 32.7 Å². The SMILES string of the molecule is CC(C)N(CCCO)C(=O)Cc1csc(N)n1. The van der Waals surface area contributed by atoms with Crippen molar-refractivity contribution in [1.82, 2.24) is 9.88 Å². The topological polar surface area (TPSA) is 79.5 Å². The molecule has 1 aromatic heterocycles. The van der Waals surface area contributed by atoms with Crippen LogP contribution in [0.3, 0.4) is 0 Å². The predicted molar refractivity (Wildman–Crippen MR) is 68.8 cm³/mol. The Balaban J connectivity index is 2.58. The van der Waals surface area contributed by atoms with Crippen molar-refractivity contribution in [3.63, 3.8) is 0 Å². The number of hydrogen-bond donors (Lipinski definition) is 2. The van der Waals surface area contributed by atoms with Crippen LogP contribution in [0.4, 0.5) is 5.13 Å². The molecule has 0 aliphatic heterocycles. The number of nitrogen functional groups attached to an aromatic ring is 1. The molecule has 6 heteroatoms. The van der Waals surface area contributed by atoms with Crippen LogP contribution in [0.15, 0.2) is 5.38 Å². The molecule has 0 saturated carbocycles. The number of carbonyl (C=O) groups excluding carboxylic acids is 1. The molecule has 0 unspecified atom stereocenters. The molecule has 0 aromatic carbocycles. The third-order valence-corrected chi connectivity index (χ3v) is 3.13. The Morgan fingerprint density at radius 1 is 1.65 bits per heavy atom. The average molecular weight is 257 g/mol. The molecule has 0 bridgehead atoms. The maximum Gasteiger partial charge on any atom is 0.228 e. The van der Waals surface area contributed by atoms with Crippen molar-refractivity contribution < 1.29 is 9.90 Å². The van der Waals surface area contributed by atoms with Crippen LogP contribution in [0, 0.1) is 0 Å². The molecule has 17 heavy (non-hydrogen) atoms. The summed E-state index contributed by atoms with van der Waals surface area (Å²) in [5.74, 6) is 0.0266. The number of hydrogen-bond acceptors (Lipinski definition) is 5. The fraction of sp³-hybridized carbons (Fsp3) is 0.636. The van der Waals surface area contributed by atoms with Gasteiger partial charge < -0.3 is 15.7 Å². The maximum absolute atomic E-state index is 12.0. The number of nitrogens with two attached hydrogens (primary N) is 1. The van der Waals surface area contributed by atoms with Crippen LogP contribution in [0.2, 0.25) is 0 Å². The Morgan fingerprint density at radius 2 is 2.35 bits per heavy atom. The summed E-state index contributed by atoms with van der Waals surface area (Å²) >= 11 is 1.34. The lowest BCUT2D eigenvalue weighted by molar-refractivity contribution is -0.132. The van der Waals surface area contributed by atoms with E-state index in [1.54, 1.807) is 10.3 Å². The molecular formula is C11H19N3O2S. The van der Waals surface area contributed by atoms with E-state index in [9.17, 15) is 4.79 Å². The van der Waals surface area contributed by atoms with Crippen molar-refractivity contribution in [2.24, 2.45) is 0 Å². The normalized spacial score (nSPS) is 10.8. The van der Waals surface area contributed by atoms with Gasteiger partial charge in [-0.05, 0) is 20.3 Å². The first-order valence-electron chi connectivity index (χ1n) is 5.64. The first kappa shape index (κ1) is 13.9. The van der Waals surface area contributed by atoms with Crippen LogP contribution in [0.1, 0.15) is 26.0 Å². The molecule has 1 heterocycles. The van der Waals surface area contributed by atoms with Gasteiger partial charge in [0.15, 0.2) is 5.13 Å². The summed E-state index contributed by atoms with van der Waals surface area (Å²) in [6, 6.07) is 0.130. The summed E-state index contributed by atoms with van der Waals surface area (Å²) in [5, 5.41) is 11.1. The number of amides is 1. The van der Waals surface area contributed by atoms with Crippen molar-refractivity contribution in [3.05, 3.63) is 11.1 Å². The number of aliphatic hydroxyl groups is 1. The smallest absolute Gasteiger partial charge is 0.228 e. The van der Waals surface area contributed by atoms with Crippen LogP contribution < -0.4 is 5.73 Å². The molecule has 0 radical (unpaired) electrons. The fourth-order valence-electron chi connectivity index (χ4n) is 1.57. The quantitative estimate of drug-likeness (QED) is 0.793. The van der Waals surface area contributed by atoms with Gasteiger partial charge in [-0.25, -0.2) is 4.98 Å². The van der Waals surface area contributed by atoms with Gasteiger partial charge in [0.1, 0.15) is 0 Å². The number of thiazole rings is 1. The summed E-state index contributed by atoms with van der Waals surface area (Å²) in [6.45, 7) is 4.60. The van der Waals surface area contributed by atoms with E-state index >= 15 is 0 Å². The van der Waals surface area contributed by atoms with Gasteiger partial charge >= 0.3 is 0 Å². The minimum absolute atomic E-state index is 0.0266. The molecule has 1 amide bonds. The molecule has 0 aliphatic rings. The summed E-state index contributed by atoms with van der Waals surface area (Å²) < 4.78 is 0. The Hall–Kier alpha value is -1.14. The van der Waals surface area contributed by atoms with Gasteiger partial charge in [-0.1, -0.05) is 0 Å². The van der Waals surface area contributed by atoms with E-state index in [4.69, 9.17) is 10.8 Å². The lowest BCUT2D eigenvalue weighted by atomic mass is 10.2. The van der Waals surface area contributed by atoms with E-state index in [-0.39, 0.29) is 25.0 Å². The molecule has 1 rings (SSSR count). The predicted octanol–water partition coefficient (Wildman–Crippen LogP) is 0.887. The molecule has 0 fully saturated rings. The summed E-state index contributed by atoms with van der Waals surface area (Å²) in [7, 11) is 0. The van der Waals surface area contributed by atoms with E-state index in [0.717, 1.165) is 0 Å². The minimum atomic E-state index is 0.0266. The van der Waals surface area contributed by atoms with Gasteiger partial charge in [0.25, 0.3) is 0 Å². The molecule has 5 nitrogen and oxygen atoms in total. The number of carbonyl (C=O) groups is 1. The van der Waals surface area contributed by atoms with Gasteiger partial charge in [0.05, 0.1) is 12.1 Å². The molecule has 1 aromatic rings. The van der Waals surface area contributed by atoms with E-state index in [0.29, 0.717) is 23.8 Å². The zero-order chi connectivity index (χ0) is 12.8. The Kier molecular flexibility index (Phi) is 5.37. The lowest BCUT2D eigenvalue weighted by Crippen LogP contribution is -2.39. The number of rotatable bonds is 6. The Bertz CT molecular complexity index is 365. The molecule has 0 spiro atoms. The molecule has 0 aliphatic carbocycles. The van der Waals surface area contributed by atoms with Gasteiger partial charge in [0, 0.05) is 24.6 Å². The van der Waals surface area contributed by atoms with E-state index < -0.39 is 0 Å². The van der Waals surface area contributed by atoms with Crippen molar-refractivity contribution in [2.75, 3.05) is 18.9 Å². The third-order valence-electron chi connectivity index (χ3n) is 2.40. The third kappa shape index (κ3) is 4.32. The highest BCUT2D eigenvalue weighted by Crippen LogP contribution is 2.13. The first-order chi connectivity index (χ1) is 8.04. The Labute approximate surface area is 105 Å². The minimum Gasteiger partial charge on any atom is -0.396 e. The maximum atomic E-state index is 12.0.